The second-order valence-corrected chi connectivity index (χ2v) is 8.85. The van der Waals surface area contributed by atoms with Crippen molar-refractivity contribution in [1.82, 2.24) is 0 Å². The molecule has 32 heavy (non-hydrogen) atoms. The van der Waals surface area contributed by atoms with Crippen LogP contribution in [-0.2, 0) is 26.9 Å². The van der Waals surface area contributed by atoms with Crippen LogP contribution in [0.5, 0.6) is 11.5 Å². The number of carbonyl (C=O) groups is 2. The summed E-state index contributed by atoms with van der Waals surface area (Å²) in [6.07, 6.45) is 2.29. The predicted molar refractivity (Wildman–Crippen MR) is 130 cm³/mol. The van der Waals surface area contributed by atoms with Gasteiger partial charge in [-0.25, -0.2) is 4.21 Å². The number of aryl methyl sites for hydroxylation is 2. The highest BCUT2D eigenvalue weighted by atomic mass is 36.0. The molecule has 2 aromatic carbocycles. The van der Waals surface area contributed by atoms with E-state index in [0.29, 0.717) is 26.1 Å². The number of halogens is 2. The molecule has 3 rings (SSSR count). The zero-order chi connectivity index (χ0) is 23.2. The first-order valence-corrected chi connectivity index (χ1v) is 12.5. The Hall–Kier alpha value is -2.09. The number of ketones is 1. The van der Waals surface area contributed by atoms with Gasteiger partial charge in [-0.2, -0.15) is 0 Å². The largest absolute Gasteiger partial charge is 0.494 e. The minimum atomic E-state index is -1.67. The van der Waals surface area contributed by atoms with Gasteiger partial charge < -0.3 is 14.6 Å². The number of carboxylic acid groups (broad SMARTS) is 1. The molecule has 0 atom stereocenters. The Morgan fingerprint density at radius 2 is 1.53 bits per heavy atom. The maximum Gasteiger partial charge on any atom is 0.303 e. The molecule has 1 aliphatic carbocycles. The normalized spacial score (nSPS) is 11.2. The Kier molecular flexibility index (Phi) is 15.5. The lowest BCUT2D eigenvalue weighted by atomic mass is 10.1. The molecule has 0 heterocycles. The third-order valence-corrected chi connectivity index (χ3v) is 4.18. The molecule has 0 aromatic heterocycles. The van der Waals surface area contributed by atoms with Gasteiger partial charge in [0.2, 0.25) is 9.23 Å². The molecule has 9 heteroatoms. The SMILES string of the molecule is C.CCOc1ccc(CCC(=O)O)cc1.CCOc1ccc2c(c1)C(=O)CC2.O=S(Cl)Cl. The highest BCUT2D eigenvalue weighted by Gasteiger charge is 2.19. The number of carbonyl (C=O) groups excluding carboxylic acids is 1. The molecule has 0 saturated heterocycles. The lowest BCUT2D eigenvalue weighted by molar-refractivity contribution is -0.136. The number of aliphatic carboxylic acids is 1. The summed E-state index contributed by atoms with van der Waals surface area (Å²) < 4.78 is 19.7. The lowest BCUT2D eigenvalue weighted by Crippen LogP contribution is -1.97. The number of rotatable bonds is 7. The van der Waals surface area contributed by atoms with E-state index in [0.717, 1.165) is 34.6 Å². The zero-order valence-corrected chi connectivity index (χ0v) is 19.8. The van der Waals surface area contributed by atoms with Gasteiger partial charge in [0.05, 0.1) is 13.2 Å². The van der Waals surface area contributed by atoms with E-state index in [9.17, 15) is 9.59 Å². The summed E-state index contributed by atoms with van der Waals surface area (Å²) in [5.74, 6) is 1.11. The second kappa shape index (κ2) is 16.5. The Morgan fingerprint density at radius 1 is 1.00 bits per heavy atom. The van der Waals surface area contributed by atoms with Crippen molar-refractivity contribution in [1.29, 1.82) is 0 Å². The molecule has 0 bridgehead atoms. The highest BCUT2D eigenvalue weighted by Crippen LogP contribution is 2.25. The summed E-state index contributed by atoms with van der Waals surface area (Å²) >= 11 is 0. The fraction of sp³-hybridized carbons (Fsp3) is 0.391. The van der Waals surface area contributed by atoms with Gasteiger partial charge in [-0.3, -0.25) is 9.59 Å². The molecular formula is C23H30Cl2O6S. The highest BCUT2D eigenvalue weighted by molar-refractivity contribution is 8.26. The molecule has 2 aromatic rings. The van der Waals surface area contributed by atoms with Crippen molar-refractivity contribution < 1.29 is 28.4 Å². The predicted octanol–water partition coefficient (Wildman–Crippen LogP) is 6.00. The van der Waals surface area contributed by atoms with E-state index in [1.165, 1.54) is 0 Å². The number of benzene rings is 2. The van der Waals surface area contributed by atoms with Crippen LogP contribution in [0.1, 0.15) is 55.6 Å². The first kappa shape index (κ1) is 29.9. The second-order valence-electron chi connectivity index (χ2n) is 6.33. The van der Waals surface area contributed by atoms with Crippen LogP contribution in [0.3, 0.4) is 0 Å². The van der Waals surface area contributed by atoms with Gasteiger partial charge in [0.1, 0.15) is 11.5 Å². The number of ether oxygens (including phenoxy) is 2. The molecule has 0 radical (unpaired) electrons. The first-order chi connectivity index (χ1) is 14.8. The third-order valence-electron chi connectivity index (χ3n) is 4.18. The van der Waals surface area contributed by atoms with E-state index in [1.807, 2.05) is 56.3 Å². The average Bonchev–Trinajstić information content (AvgIpc) is 3.08. The van der Waals surface area contributed by atoms with Crippen LogP contribution in [0, 0.1) is 0 Å². The van der Waals surface area contributed by atoms with Crippen LogP contribution in [0.2, 0.25) is 0 Å². The quantitative estimate of drug-likeness (QED) is 0.465. The number of hydrogen-bond donors (Lipinski definition) is 1. The number of fused-ring (bicyclic) bond motifs is 1. The molecule has 1 N–H and O–H groups in total. The van der Waals surface area contributed by atoms with Crippen molar-refractivity contribution in [2.75, 3.05) is 13.2 Å². The fourth-order valence-corrected chi connectivity index (χ4v) is 2.84. The molecule has 0 unspecified atom stereocenters. The lowest BCUT2D eigenvalue weighted by Gasteiger charge is -2.04. The standard InChI is InChI=1S/C11H14O3.C11H12O2.CH4.Cl2OS/c1-2-14-10-6-3-9(4-7-10)5-8-11(12)13;1-2-13-9-5-3-8-4-6-11(12)10(8)7-9;;1-4(2)3/h3-4,6-7H,2,5,8H2,1H3,(H,12,13);3,5,7H,2,4,6H2,1H3;1H4;. The Bertz CT molecular complexity index is 867. The van der Waals surface area contributed by atoms with E-state index < -0.39 is 15.2 Å². The molecule has 1 aliphatic rings. The average molecular weight is 505 g/mol. The number of Topliss-reactive ketones (excluding diaryl/α,β-unsaturated/α-hetero) is 1. The van der Waals surface area contributed by atoms with Gasteiger partial charge in [-0.15, -0.1) is 0 Å². The van der Waals surface area contributed by atoms with E-state index in [1.54, 1.807) is 0 Å². The van der Waals surface area contributed by atoms with E-state index in [4.69, 9.17) is 18.8 Å². The third kappa shape index (κ3) is 12.1. The van der Waals surface area contributed by atoms with Gasteiger partial charge in [-0.05, 0) is 62.1 Å². The summed E-state index contributed by atoms with van der Waals surface area (Å²) in [5, 5.41) is 8.49. The molecule has 178 valence electrons. The van der Waals surface area contributed by atoms with Crippen LogP contribution in [0.25, 0.3) is 0 Å². The minimum Gasteiger partial charge on any atom is -0.494 e. The van der Waals surface area contributed by atoms with Gasteiger partial charge in [0.15, 0.2) is 5.78 Å². The fourth-order valence-electron chi connectivity index (χ4n) is 2.84. The van der Waals surface area contributed by atoms with Crippen molar-refractivity contribution in [2.24, 2.45) is 0 Å². The van der Waals surface area contributed by atoms with Gasteiger partial charge >= 0.3 is 5.97 Å². The van der Waals surface area contributed by atoms with Crippen molar-refractivity contribution in [3.8, 4) is 11.5 Å². The minimum absolute atomic E-state index is 0. The van der Waals surface area contributed by atoms with Gasteiger partial charge in [-0.1, -0.05) is 25.6 Å². The smallest absolute Gasteiger partial charge is 0.303 e. The van der Waals surface area contributed by atoms with Crippen LogP contribution in [0.15, 0.2) is 42.5 Å². The number of hydrogen-bond acceptors (Lipinski definition) is 5. The molecule has 6 nitrogen and oxygen atoms in total. The maximum absolute atomic E-state index is 11.4. The monoisotopic (exact) mass is 504 g/mol. The summed E-state index contributed by atoms with van der Waals surface area (Å²) in [6.45, 7) is 5.16. The van der Waals surface area contributed by atoms with Crippen LogP contribution < -0.4 is 9.47 Å². The summed E-state index contributed by atoms with van der Waals surface area (Å²) in [7, 11) is 7.36. The van der Waals surface area contributed by atoms with Crippen LogP contribution in [0.4, 0.5) is 0 Å². The van der Waals surface area contributed by atoms with E-state index in [-0.39, 0.29) is 19.6 Å². The topological polar surface area (TPSA) is 89.9 Å². The van der Waals surface area contributed by atoms with Crippen molar-refractivity contribution in [2.45, 2.75) is 47.0 Å². The van der Waals surface area contributed by atoms with Crippen molar-refractivity contribution in [3.05, 3.63) is 59.2 Å². The number of carboxylic acids is 1. The van der Waals surface area contributed by atoms with Crippen molar-refractivity contribution in [3.63, 3.8) is 0 Å². The maximum atomic E-state index is 11.4. The Morgan fingerprint density at radius 3 is 2.06 bits per heavy atom. The summed E-state index contributed by atoms with van der Waals surface area (Å²) in [6, 6.07) is 13.3. The van der Waals surface area contributed by atoms with Crippen molar-refractivity contribution >= 4 is 42.3 Å². The molecule has 0 spiro atoms. The molecule has 0 amide bonds. The zero-order valence-electron chi connectivity index (χ0n) is 17.4. The van der Waals surface area contributed by atoms with Gasteiger partial charge in [0.25, 0.3) is 0 Å². The first-order valence-electron chi connectivity index (χ1n) is 9.73. The van der Waals surface area contributed by atoms with E-state index in [2.05, 4.69) is 21.4 Å². The van der Waals surface area contributed by atoms with E-state index >= 15 is 0 Å². The summed E-state index contributed by atoms with van der Waals surface area (Å²) in [4.78, 5) is 21.7. The molecule has 0 saturated carbocycles. The molecule has 0 fully saturated rings. The Balaban J connectivity index is 0.000000503. The summed E-state index contributed by atoms with van der Waals surface area (Å²) in [5.41, 5.74) is 3.04. The van der Waals surface area contributed by atoms with Crippen LogP contribution in [-0.4, -0.2) is 34.3 Å². The Labute approximate surface area is 201 Å². The molecule has 0 aliphatic heterocycles. The van der Waals surface area contributed by atoms with Crippen LogP contribution >= 0.6 is 21.4 Å². The molecular weight excluding hydrogens is 475 g/mol. The van der Waals surface area contributed by atoms with Gasteiger partial charge in [0, 0.05) is 39.8 Å².